The summed E-state index contributed by atoms with van der Waals surface area (Å²) < 4.78 is 27.4. The zero-order chi connectivity index (χ0) is 22.8. The number of H-pyrrole nitrogens is 1. The summed E-state index contributed by atoms with van der Waals surface area (Å²) >= 11 is 0. The van der Waals surface area contributed by atoms with E-state index in [1.165, 1.54) is 10.5 Å². The average molecular weight is 460 g/mol. The van der Waals surface area contributed by atoms with Gasteiger partial charge in [-0.25, -0.2) is 13.4 Å². The van der Waals surface area contributed by atoms with E-state index in [2.05, 4.69) is 34.1 Å². The number of aromatic amines is 1. The van der Waals surface area contributed by atoms with E-state index in [0.717, 1.165) is 54.9 Å². The molecule has 5 nitrogen and oxygen atoms in total. The van der Waals surface area contributed by atoms with Gasteiger partial charge in [0.05, 0.1) is 42.1 Å². The second-order valence-electron chi connectivity index (χ2n) is 8.76. The molecule has 0 atom stereocenters. The van der Waals surface area contributed by atoms with E-state index in [1.807, 2.05) is 49.4 Å². The molecule has 1 saturated heterocycles. The lowest BCUT2D eigenvalue weighted by Gasteiger charge is -2.34. The molecule has 1 aromatic heterocycles. The van der Waals surface area contributed by atoms with Crippen LogP contribution < -0.4 is 14.8 Å². The van der Waals surface area contributed by atoms with Crippen LogP contribution in [-0.4, -0.2) is 34.6 Å². The Kier molecular flexibility index (Phi) is 5.87. The molecule has 0 radical (unpaired) electrons. The molecule has 2 N–H and O–H groups in total. The van der Waals surface area contributed by atoms with Gasteiger partial charge in [-0.3, -0.25) is 0 Å². The van der Waals surface area contributed by atoms with E-state index in [0.29, 0.717) is 9.79 Å². The smallest absolute Gasteiger partial charge is 0.214 e. The first-order valence-electron chi connectivity index (χ1n) is 11.4. The molecule has 1 aliphatic rings. The van der Waals surface area contributed by atoms with Crippen LogP contribution in [0.4, 0.5) is 5.69 Å². The number of nitrogens with zero attached hydrogens (tertiary/aromatic N) is 1. The highest BCUT2D eigenvalue weighted by Crippen LogP contribution is 2.34. The number of piperazine rings is 1. The molecule has 0 bridgehead atoms. The first-order chi connectivity index (χ1) is 16.0. The van der Waals surface area contributed by atoms with Gasteiger partial charge in [0, 0.05) is 11.6 Å². The van der Waals surface area contributed by atoms with Crippen molar-refractivity contribution < 1.29 is 18.3 Å². The molecule has 5 rings (SSSR count). The number of quaternary nitrogens is 1. The molecule has 33 heavy (non-hydrogen) atoms. The highest BCUT2D eigenvalue weighted by atomic mass is 32.2. The third-order valence-corrected chi connectivity index (χ3v) is 8.26. The number of hydrogen-bond acceptors (Lipinski definition) is 3. The Morgan fingerprint density at radius 2 is 1.55 bits per heavy atom. The largest absolute Gasteiger partial charge is 0.358 e. The van der Waals surface area contributed by atoms with Gasteiger partial charge in [-0.1, -0.05) is 60.2 Å². The fourth-order valence-electron chi connectivity index (χ4n) is 4.64. The van der Waals surface area contributed by atoms with Gasteiger partial charge in [-0.05, 0) is 25.1 Å². The fraction of sp³-hybridized carbons (Fsp3) is 0.222. The van der Waals surface area contributed by atoms with Crippen LogP contribution in [0.15, 0.2) is 94.9 Å². The van der Waals surface area contributed by atoms with Crippen LogP contribution in [0.25, 0.3) is 10.9 Å². The fourth-order valence-corrected chi connectivity index (χ4v) is 6.10. The van der Waals surface area contributed by atoms with E-state index >= 15 is 0 Å². The summed E-state index contributed by atoms with van der Waals surface area (Å²) in [7, 11) is -3.67. The summed E-state index contributed by atoms with van der Waals surface area (Å²) in [6.07, 6.45) is 1.66. The molecule has 168 valence electrons. The summed E-state index contributed by atoms with van der Waals surface area (Å²) in [4.78, 5) is 7.66. The van der Waals surface area contributed by atoms with E-state index < -0.39 is 9.84 Å². The lowest BCUT2D eigenvalue weighted by Crippen LogP contribution is -3.13. The maximum atomic E-state index is 13.7. The van der Waals surface area contributed by atoms with E-state index in [4.69, 9.17) is 0 Å². The van der Waals surface area contributed by atoms with Crippen LogP contribution in [0.3, 0.4) is 0 Å². The Morgan fingerprint density at radius 3 is 2.27 bits per heavy atom. The number of hydrogen-bond donors (Lipinski definition) is 1. The predicted molar refractivity (Wildman–Crippen MR) is 130 cm³/mol. The Morgan fingerprint density at radius 1 is 0.879 bits per heavy atom. The van der Waals surface area contributed by atoms with Crippen molar-refractivity contribution in [3.63, 3.8) is 0 Å². The lowest BCUT2D eigenvalue weighted by atomic mass is 10.1. The van der Waals surface area contributed by atoms with Crippen molar-refractivity contribution in [2.75, 3.05) is 31.1 Å². The standard InChI is InChI=1S/C27H27N3O2S/c1-21-11-13-23(14-12-21)33(31,32)26-19-28-25-10-6-5-9-24(25)27(26)30-17-15-29(16-18-30)20-22-7-3-2-4-8-22/h2-14,19H,15-18,20H2,1H3/p+2. The molecule has 1 fully saturated rings. The summed E-state index contributed by atoms with van der Waals surface area (Å²) in [6.45, 7) is 6.51. The Hall–Kier alpha value is -3.22. The maximum absolute atomic E-state index is 13.7. The Balaban J connectivity index is 1.50. The van der Waals surface area contributed by atoms with Crippen molar-refractivity contribution in [3.8, 4) is 0 Å². The lowest BCUT2D eigenvalue weighted by molar-refractivity contribution is -0.914. The first kappa shape index (κ1) is 21.6. The first-order valence-corrected chi connectivity index (χ1v) is 12.9. The zero-order valence-electron chi connectivity index (χ0n) is 18.8. The van der Waals surface area contributed by atoms with Crippen molar-refractivity contribution in [3.05, 3.63) is 96.2 Å². The number of nitrogens with one attached hydrogen (secondary N) is 2. The third kappa shape index (κ3) is 4.36. The van der Waals surface area contributed by atoms with Crippen LogP contribution in [-0.2, 0) is 16.4 Å². The van der Waals surface area contributed by atoms with Crippen LogP contribution in [0.1, 0.15) is 11.1 Å². The van der Waals surface area contributed by atoms with Crippen molar-refractivity contribution in [2.24, 2.45) is 0 Å². The van der Waals surface area contributed by atoms with Gasteiger partial charge in [0.25, 0.3) is 0 Å². The average Bonchev–Trinajstić information content (AvgIpc) is 2.85. The number of anilines is 1. The number of rotatable bonds is 5. The molecular formula is C27H29N3O2S+2. The van der Waals surface area contributed by atoms with Crippen molar-refractivity contribution in [1.82, 2.24) is 0 Å². The number of para-hydroxylation sites is 1. The maximum Gasteiger partial charge on any atom is 0.214 e. The highest BCUT2D eigenvalue weighted by Gasteiger charge is 2.31. The predicted octanol–water partition coefficient (Wildman–Crippen LogP) is 2.70. The molecular weight excluding hydrogens is 430 g/mol. The number of sulfone groups is 1. The van der Waals surface area contributed by atoms with Gasteiger partial charge in [0.15, 0.2) is 11.1 Å². The molecule has 2 heterocycles. The summed E-state index contributed by atoms with van der Waals surface area (Å²) in [5.41, 5.74) is 4.12. The molecule has 0 saturated carbocycles. The second kappa shape index (κ2) is 8.96. The van der Waals surface area contributed by atoms with Crippen LogP contribution in [0, 0.1) is 6.92 Å². The number of fused-ring (bicyclic) bond motifs is 1. The topological polar surface area (TPSA) is 56.0 Å². The molecule has 0 aliphatic carbocycles. The molecule has 0 amide bonds. The third-order valence-electron chi connectivity index (χ3n) is 6.48. The quantitative estimate of drug-likeness (QED) is 0.499. The van der Waals surface area contributed by atoms with Gasteiger partial charge in [0.1, 0.15) is 6.54 Å². The van der Waals surface area contributed by atoms with Gasteiger partial charge in [-0.2, -0.15) is 0 Å². The Labute approximate surface area is 195 Å². The summed E-state index contributed by atoms with van der Waals surface area (Å²) in [5, 5.41) is 0.942. The minimum atomic E-state index is -3.67. The monoisotopic (exact) mass is 459 g/mol. The van der Waals surface area contributed by atoms with Crippen molar-refractivity contribution >= 4 is 26.4 Å². The number of aryl methyl sites for hydroxylation is 1. The molecule has 0 spiro atoms. The van der Waals surface area contributed by atoms with Gasteiger partial charge in [0.2, 0.25) is 15.4 Å². The molecule has 3 aromatic carbocycles. The minimum absolute atomic E-state index is 0.325. The summed E-state index contributed by atoms with van der Waals surface area (Å²) in [6, 6.07) is 25.6. The molecule has 1 aliphatic heterocycles. The number of pyridine rings is 1. The Bertz CT molecular complexity index is 1360. The molecule has 6 heteroatoms. The van der Waals surface area contributed by atoms with Crippen LogP contribution in [0.5, 0.6) is 0 Å². The minimum Gasteiger partial charge on any atom is -0.358 e. The normalized spacial score (nSPS) is 15.1. The van der Waals surface area contributed by atoms with E-state index in [9.17, 15) is 8.42 Å². The van der Waals surface area contributed by atoms with Crippen LogP contribution in [0.2, 0.25) is 0 Å². The van der Waals surface area contributed by atoms with Gasteiger partial charge in [-0.15, -0.1) is 0 Å². The van der Waals surface area contributed by atoms with Crippen molar-refractivity contribution in [2.45, 2.75) is 23.3 Å². The molecule has 0 unspecified atom stereocenters. The molecule has 4 aromatic rings. The number of benzene rings is 3. The van der Waals surface area contributed by atoms with Crippen LogP contribution >= 0.6 is 0 Å². The van der Waals surface area contributed by atoms with Crippen molar-refractivity contribution in [1.29, 1.82) is 0 Å². The summed E-state index contributed by atoms with van der Waals surface area (Å²) in [5.74, 6) is 0. The highest BCUT2D eigenvalue weighted by molar-refractivity contribution is 7.91. The SMILES string of the molecule is Cc1ccc(S(=O)(=O)c2c[nH+]c3ccccc3c2N2CC[NH+](Cc3ccccc3)CC2)cc1. The number of aromatic nitrogens is 1. The van der Waals surface area contributed by atoms with E-state index in [1.54, 1.807) is 18.3 Å². The second-order valence-corrected chi connectivity index (χ2v) is 10.7. The van der Waals surface area contributed by atoms with Gasteiger partial charge >= 0.3 is 0 Å². The van der Waals surface area contributed by atoms with E-state index in [-0.39, 0.29) is 0 Å². The zero-order valence-corrected chi connectivity index (χ0v) is 19.6. The van der Waals surface area contributed by atoms with Gasteiger partial charge < -0.3 is 9.80 Å².